The largest absolute Gasteiger partial charge is 0.100 e. The normalized spacial score (nSPS) is 10.0. The molecule has 0 fully saturated rings. The molecule has 0 rings (SSSR count). The topological polar surface area (TPSA) is 0 Å². The summed E-state index contributed by atoms with van der Waals surface area (Å²) in [6, 6.07) is 0. The maximum absolute atomic E-state index is 3.67. The molecule has 1 atom stereocenters. The molecule has 0 saturated carbocycles. The highest BCUT2D eigenvalue weighted by Gasteiger charge is 2.09. The maximum Gasteiger partial charge on any atom is -0.0213 e. The summed E-state index contributed by atoms with van der Waals surface area (Å²) in [4.78, 5) is 0. The monoisotopic (exact) mass is 473 g/mol. The summed E-state index contributed by atoms with van der Waals surface area (Å²) in [5.74, 6) is 1.58. The van der Waals surface area contributed by atoms with Crippen LogP contribution in [0.2, 0.25) is 0 Å². The molecular weight excluding hydrogens is 396 g/mol. The summed E-state index contributed by atoms with van der Waals surface area (Å²) in [6.07, 6.45) is 14.9. The fraction of sp³-hybridized carbons (Fsp3) is 0.879. The molecule has 0 spiro atoms. The molecule has 0 aromatic heterocycles. The molecule has 0 aromatic rings. The second-order valence-electron chi connectivity index (χ2n) is 8.73. The van der Waals surface area contributed by atoms with Crippen LogP contribution in [0.1, 0.15) is 176 Å². The number of hydrogen-bond acceptors (Lipinski definition) is 0. The van der Waals surface area contributed by atoms with Gasteiger partial charge in [-0.1, -0.05) is 167 Å². The molecule has 0 nitrogen and oxygen atoms in total. The van der Waals surface area contributed by atoms with Crippen molar-refractivity contribution in [2.24, 2.45) is 17.3 Å². The summed E-state index contributed by atoms with van der Waals surface area (Å²) in [7, 11) is 0. The number of hydrogen-bond donors (Lipinski definition) is 0. The molecule has 0 aliphatic heterocycles. The van der Waals surface area contributed by atoms with Gasteiger partial charge in [-0.05, 0) is 43.9 Å². The van der Waals surface area contributed by atoms with Gasteiger partial charge >= 0.3 is 0 Å². The standard InChI is InChI=1S/C9H18.C7H16.C6H14.C5H10.3C2H6/c1-5-7-9(6-2)8(3)4;1-5-7(3,4)6-2;1-3-5-6-4-2;1-4-5(2)3;3*1-2/h5,7-9H,6H2,1-4H3;5-6H2,1-4H3;3-6H2,1-2H3;2,4H2,1,3H3;3*1-2H3/b7-5+;;;;;;. The summed E-state index contributed by atoms with van der Waals surface area (Å²) >= 11 is 0. The molecule has 0 aliphatic rings. The van der Waals surface area contributed by atoms with Gasteiger partial charge in [0, 0.05) is 0 Å². The van der Waals surface area contributed by atoms with Gasteiger partial charge in [0.15, 0.2) is 0 Å². The molecule has 1 unspecified atom stereocenters. The van der Waals surface area contributed by atoms with Gasteiger partial charge in [-0.2, -0.15) is 0 Å². The van der Waals surface area contributed by atoms with E-state index in [2.05, 4.69) is 94.9 Å². The predicted molar refractivity (Wildman–Crippen MR) is 167 cm³/mol. The zero-order chi connectivity index (χ0) is 28.3. The smallest absolute Gasteiger partial charge is 0.0213 e. The Kier molecular flexibility index (Phi) is 73.3. The first-order chi connectivity index (χ1) is 15.5. The van der Waals surface area contributed by atoms with Crippen LogP contribution < -0.4 is 0 Å². The van der Waals surface area contributed by atoms with Crippen LogP contribution in [-0.2, 0) is 0 Å². The average molecular weight is 473 g/mol. The van der Waals surface area contributed by atoms with E-state index in [1.54, 1.807) is 0 Å². The Hall–Kier alpha value is -0.520. The Bertz CT molecular complexity index is 283. The lowest BCUT2D eigenvalue weighted by Crippen LogP contribution is -2.05. The van der Waals surface area contributed by atoms with Gasteiger partial charge in [0.05, 0.1) is 0 Å². The molecule has 33 heavy (non-hydrogen) atoms. The molecule has 0 amide bonds. The van der Waals surface area contributed by atoms with Crippen LogP contribution in [0.3, 0.4) is 0 Å². The number of allylic oxidation sites excluding steroid dienone is 3. The van der Waals surface area contributed by atoms with Gasteiger partial charge in [-0.25, -0.2) is 0 Å². The lowest BCUT2D eigenvalue weighted by molar-refractivity contribution is 0.338. The van der Waals surface area contributed by atoms with Crippen LogP contribution in [0.25, 0.3) is 0 Å². The summed E-state index contributed by atoms with van der Waals surface area (Å²) in [6.45, 7) is 42.2. The molecule has 0 aromatic carbocycles. The molecule has 0 heterocycles. The van der Waals surface area contributed by atoms with E-state index in [1.807, 2.05) is 48.5 Å². The Morgan fingerprint density at radius 2 is 1.06 bits per heavy atom. The summed E-state index contributed by atoms with van der Waals surface area (Å²) in [5, 5.41) is 0. The van der Waals surface area contributed by atoms with E-state index in [0.29, 0.717) is 5.41 Å². The molecule has 208 valence electrons. The average Bonchev–Trinajstić information content (AvgIpc) is 2.85. The van der Waals surface area contributed by atoms with E-state index in [1.165, 1.54) is 50.5 Å². The van der Waals surface area contributed by atoms with Crippen molar-refractivity contribution in [3.63, 3.8) is 0 Å². The van der Waals surface area contributed by atoms with Crippen molar-refractivity contribution >= 4 is 0 Å². The van der Waals surface area contributed by atoms with E-state index in [9.17, 15) is 0 Å². The summed E-state index contributed by atoms with van der Waals surface area (Å²) < 4.78 is 0. The third-order valence-electron chi connectivity index (χ3n) is 5.24. The third-order valence-corrected chi connectivity index (χ3v) is 5.24. The van der Waals surface area contributed by atoms with E-state index in [4.69, 9.17) is 0 Å². The fourth-order valence-electron chi connectivity index (χ4n) is 1.83. The molecule has 0 N–H and O–H groups in total. The molecule has 0 aliphatic carbocycles. The van der Waals surface area contributed by atoms with Crippen molar-refractivity contribution in [1.82, 2.24) is 0 Å². The maximum atomic E-state index is 3.67. The molecule has 0 saturated heterocycles. The fourth-order valence-corrected chi connectivity index (χ4v) is 1.83. The van der Waals surface area contributed by atoms with Crippen molar-refractivity contribution < 1.29 is 0 Å². The van der Waals surface area contributed by atoms with Crippen LogP contribution in [0, 0.1) is 17.3 Å². The Morgan fingerprint density at radius 1 is 0.758 bits per heavy atom. The van der Waals surface area contributed by atoms with Crippen molar-refractivity contribution in [2.75, 3.05) is 0 Å². The van der Waals surface area contributed by atoms with E-state index in [0.717, 1.165) is 18.3 Å². The first-order valence-electron chi connectivity index (χ1n) is 14.8. The number of rotatable bonds is 9. The van der Waals surface area contributed by atoms with E-state index in [-0.39, 0.29) is 0 Å². The highest BCUT2D eigenvalue weighted by Crippen LogP contribution is 2.22. The van der Waals surface area contributed by atoms with Crippen LogP contribution in [0.4, 0.5) is 0 Å². The zero-order valence-electron chi connectivity index (χ0n) is 27.7. The van der Waals surface area contributed by atoms with Gasteiger partial charge in [-0.15, -0.1) is 6.58 Å². The first-order valence-corrected chi connectivity index (χ1v) is 14.8. The Morgan fingerprint density at radius 3 is 1.12 bits per heavy atom. The Balaban J connectivity index is -0.0000000514. The minimum absolute atomic E-state index is 0.583. The highest BCUT2D eigenvalue weighted by molar-refractivity contribution is 4.86. The first kappa shape index (κ1) is 49.6. The van der Waals surface area contributed by atoms with Crippen LogP contribution in [-0.4, -0.2) is 0 Å². The van der Waals surface area contributed by atoms with Gasteiger partial charge in [0.2, 0.25) is 0 Å². The lowest BCUT2D eigenvalue weighted by atomic mass is 9.88. The molecule has 0 radical (unpaired) electrons. The van der Waals surface area contributed by atoms with Crippen molar-refractivity contribution in [1.29, 1.82) is 0 Å². The van der Waals surface area contributed by atoms with Crippen molar-refractivity contribution in [3.8, 4) is 0 Å². The van der Waals surface area contributed by atoms with E-state index < -0.39 is 0 Å². The van der Waals surface area contributed by atoms with Gasteiger partial charge in [-0.3, -0.25) is 0 Å². The van der Waals surface area contributed by atoms with Crippen LogP contribution >= 0.6 is 0 Å². The number of unbranched alkanes of at least 4 members (excludes halogenated alkanes) is 3. The molecule has 0 bridgehead atoms. The van der Waals surface area contributed by atoms with Crippen molar-refractivity contribution in [2.45, 2.75) is 176 Å². The second-order valence-corrected chi connectivity index (χ2v) is 8.73. The second kappa shape index (κ2) is 48.8. The minimum Gasteiger partial charge on any atom is -0.100 e. The van der Waals surface area contributed by atoms with Crippen molar-refractivity contribution in [3.05, 3.63) is 24.3 Å². The van der Waals surface area contributed by atoms with Gasteiger partial charge in [0.1, 0.15) is 0 Å². The Labute approximate surface area is 217 Å². The lowest BCUT2D eigenvalue weighted by Gasteiger charge is -2.18. The predicted octanol–water partition coefficient (Wildman–Crippen LogP) is 13.7. The van der Waals surface area contributed by atoms with Crippen LogP contribution in [0.5, 0.6) is 0 Å². The summed E-state index contributed by atoms with van der Waals surface area (Å²) in [5.41, 5.74) is 1.84. The third kappa shape index (κ3) is 72.1. The van der Waals surface area contributed by atoms with E-state index >= 15 is 0 Å². The quantitative estimate of drug-likeness (QED) is 0.231. The highest BCUT2D eigenvalue weighted by atomic mass is 14.2. The minimum atomic E-state index is 0.583. The molecule has 0 heteroatoms. The van der Waals surface area contributed by atoms with Gasteiger partial charge in [0.25, 0.3) is 0 Å². The van der Waals surface area contributed by atoms with Crippen LogP contribution in [0.15, 0.2) is 24.3 Å². The zero-order valence-corrected chi connectivity index (χ0v) is 27.7. The SMILES string of the molecule is C/C=C/C(CC)C(C)C.C=C(C)CC.CC.CC.CC.CCC(C)(C)CC.CCCCCC. The molecular formula is C33H76. The van der Waals surface area contributed by atoms with Gasteiger partial charge < -0.3 is 0 Å².